The molecular formula is C10H9Cl2IO4. The quantitative estimate of drug-likeness (QED) is 0.584. The third-order valence-corrected chi connectivity index (χ3v) is 6.20. The van der Waals surface area contributed by atoms with E-state index in [0.29, 0.717) is 13.6 Å². The van der Waals surface area contributed by atoms with Crippen molar-refractivity contribution in [1.29, 1.82) is 0 Å². The summed E-state index contributed by atoms with van der Waals surface area (Å²) in [6.07, 6.45) is 0. The first-order valence-electron chi connectivity index (χ1n) is 4.43. The van der Waals surface area contributed by atoms with Crippen molar-refractivity contribution in [2.24, 2.45) is 0 Å². The Morgan fingerprint density at radius 2 is 1.65 bits per heavy atom. The molecule has 0 aromatic heterocycles. The van der Waals surface area contributed by atoms with Crippen LogP contribution in [0.2, 0.25) is 10.0 Å². The molecule has 1 aromatic carbocycles. The van der Waals surface area contributed by atoms with E-state index < -0.39 is 32.6 Å². The number of halogens is 3. The SMILES string of the molecule is CC(=O)OI(OC(C)=O)c1ccc(Cl)cc1Cl. The molecule has 1 rings (SSSR count). The van der Waals surface area contributed by atoms with Gasteiger partial charge in [-0.1, -0.05) is 0 Å². The summed E-state index contributed by atoms with van der Waals surface area (Å²) in [5.41, 5.74) is 0. The zero-order valence-corrected chi connectivity index (χ0v) is 12.7. The molecule has 4 nitrogen and oxygen atoms in total. The zero-order chi connectivity index (χ0) is 13.0. The van der Waals surface area contributed by atoms with Crippen LogP contribution >= 0.6 is 43.9 Å². The van der Waals surface area contributed by atoms with Gasteiger partial charge in [-0.15, -0.1) is 0 Å². The molecule has 0 aliphatic carbocycles. The summed E-state index contributed by atoms with van der Waals surface area (Å²) in [6.45, 7) is 2.50. The van der Waals surface area contributed by atoms with Crippen LogP contribution in [-0.4, -0.2) is 11.9 Å². The second-order valence-corrected chi connectivity index (χ2v) is 7.04. The summed E-state index contributed by atoms with van der Waals surface area (Å²) < 4.78 is 10.5. The van der Waals surface area contributed by atoms with Gasteiger partial charge in [-0.05, 0) is 0 Å². The van der Waals surface area contributed by atoms with Gasteiger partial charge < -0.3 is 0 Å². The van der Waals surface area contributed by atoms with E-state index >= 15 is 0 Å². The van der Waals surface area contributed by atoms with Gasteiger partial charge in [0, 0.05) is 0 Å². The normalized spacial score (nSPS) is 10.7. The van der Waals surface area contributed by atoms with E-state index in [1.807, 2.05) is 0 Å². The van der Waals surface area contributed by atoms with Gasteiger partial charge in [0.25, 0.3) is 0 Å². The van der Waals surface area contributed by atoms with Crippen LogP contribution in [0, 0.1) is 3.57 Å². The zero-order valence-electron chi connectivity index (χ0n) is 9.00. The molecule has 0 unspecified atom stereocenters. The molecule has 0 aliphatic rings. The maximum atomic E-state index is 10.9. The first kappa shape index (κ1) is 14.5. The van der Waals surface area contributed by atoms with Gasteiger partial charge in [-0.2, -0.15) is 0 Å². The number of benzene rings is 1. The Morgan fingerprint density at radius 3 is 2.06 bits per heavy atom. The molecule has 0 N–H and O–H groups in total. The van der Waals surface area contributed by atoms with Gasteiger partial charge >= 0.3 is 117 Å². The van der Waals surface area contributed by atoms with Crippen LogP contribution in [0.15, 0.2) is 18.2 Å². The standard InChI is InChI=1S/C10H9Cl2IO4/c1-6(14)16-13(17-7(2)15)10-4-3-8(11)5-9(10)12/h3-5H,1-2H3. The van der Waals surface area contributed by atoms with Gasteiger partial charge in [-0.3, -0.25) is 0 Å². The summed E-state index contributed by atoms with van der Waals surface area (Å²) >= 11 is 8.86. The summed E-state index contributed by atoms with van der Waals surface area (Å²) in [6, 6.07) is 4.71. The van der Waals surface area contributed by atoms with Crippen LogP contribution in [0.3, 0.4) is 0 Å². The second kappa shape index (κ2) is 6.42. The fraction of sp³-hybridized carbons (Fsp3) is 0.200. The van der Waals surface area contributed by atoms with Crippen LogP contribution in [0.4, 0.5) is 0 Å². The van der Waals surface area contributed by atoms with Crippen molar-refractivity contribution >= 4 is 55.8 Å². The first-order chi connectivity index (χ1) is 7.90. The third kappa shape index (κ3) is 4.69. The number of rotatable bonds is 3. The summed E-state index contributed by atoms with van der Waals surface area (Å²) in [5, 5.41) is 0.783. The Kier molecular flexibility index (Phi) is 5.48. The summed E-state index contributed by atoms with van der Waals surface area (Å²) in [7, 11) is 0. The van der Waals surface area contributed by atoms with Gasteiger partial charge in [0.2, 0.25) is 0 Å². The second-order valence-electron chi connectivity index (χ2n) is 2.91. The molecule has 0 bridgehead atoms. The Hall–Kier alpha value is -0.530. The fourth-order valence-corrected chi connectivity index (χ4v) is 4.43. The van der Waals surface area contributed by atoms with Crippen LogP contribution in [-0.2, 0) is 15.7 Å². The molecular weight excluding hydrogens is 382 g/mol. The number of hydrogen-bond donors (Lipinski definition) is 0. The van der Waals surface area contributed by atoms with Crippen LogP contribution in [0.1, 0.15) is 13.8 Å². The van der Waals surface area contributed by atoms with E-state index in [-0.39, 0.29) is 0 Å². The number of hydrogen-bond acceptors (Lipinski definition) is 4. The molecule has 0 saturated heterocycles. The predicted octanol–water partition coefficient (Wildman–Crippen LogP) is 3.63. The third-order valence-electron chi connectivity index (χ3n) is 1.41. The van der Waals surface area contributed by atoms with Gasteiger partial charge in [0.15, 0.2) is 0 Å². The number of carbonyl (C=O) groups excluding carboxylic acids is 2. The van der Waals surface area contributed by atoms with Crippen molar-refractivity contribution in [2.75, 3.05) is 0 Å². The van der Waals surface area contributed by atoms with E-state index in [2.05, 4.69) is 0 Å². The average Bonchev–Trinajstić information content (AvgIpc) is 2.14. The molecule has 0 saturated carbocycles. The van der Waals surface area contributed by atoms with E-state index in [1.165, 1.54) is 19.9 Å². The minimum absolute atomic E-state index is 0.324. The van der Waals surface area contributed by atoms with Crippen molar-refractivity contribution in [3.05, 3.63) is 31.8 Å². The Labute approximate surface area is 117 Å². The Morgan fingerprint density at radius 1 is 1.12 bits per heavy atom. The van der Waals surface area contributed by atoms with Crippen molar-refractivity contribution in [2.45, 2.75) is 13.8 Å². The molecule has 94 valence electrons. The predicted molar refractivity (Wildman–Crippen MR) is 72.7 cm³/mol. The molecule has 7 heteroatoms. The van der Waals surface area contributed by atoms with Gasteiger partial charge in [0.1, 0.15) is 0 Å². The maximum absolute atomic E-state index is 10.9. The fourth-order valence-electron chi connectivity index (χ4n) is 0.892. The Bertz CT molecular complexity index is 434. The molecule has 17 heavy (non-hydrogen) atoms. The summed E-state index contributed by atoms with van der Waals surface area (Å²) in [4.78, 5) is 21.9. The molecule has 0 atom stereocenters. The van der Waals surface area contributed by atoms with Gasteiger partial charge in [-0.25, -0.2) is 0 Å². The van der Waals surface area contributed by atoms with E-state index in [0.717, 1.165) is 0 Å². The van der Waals surface area contributed by atoms with Crippen molar-refractivity contribution in [3.8, 4) is 0 Å². The Balaban J connectivity index is 3.02. The van der Waals surface area contributed by atoms with E-state index in [9.17, 15) is 9.59 Å². The van der Waals surface area contributed by atoms with Crippen LogP contribution in [0.25, 0.3) is 0 Å². The topological polar surface area (TPSA) is 52.6 Å². The molecule has 0 fully saturated rings. The monoisotopic (exact) mass is 390 g/mol. The average molecular weight is 391 g/mol. The van der Waals surface area contributed by atoms with Crippen LogP contribution in [0.5, 0.6) is 0 Å². The van der Waals surface area contributed by atoms with Crippen molar-refractivity contribution in [3.63, 3.8) is 0 Å². The van der Waals surface area contributed by atoms with Crippen molar-refractivity contribution in [1.82, 2.24) is 0 Å². The number of carbonyl (C=O) groups is 2. The summed E-state index contributed by atoms with van der Waals surface area (Å²) in [5.74, 6) is -1.02. The van der Waals surface area contributed by atoms with E-state index in [1.54, 1.807) is 12.1 Å². The molecule has 0 heterocycles. The van der Waals surface area contributed by atoms with Gasteiger partial charge in [0.05, 0.1) is 0 Å². The first-order valence-corrected chi connectivity index (χ1v) is 8.03. The van der Waals surface area contributed by atoms with Crippen LogP contribution < -0.4 is 0 Å². The molecule has 0 radical (unpaired) electrons. The molecule has 0 aliphatic heterocycles. The molecule has 0 spiro atoms. The molecule has 1 aromatic rings. The van der Waals surface area contributed by atoms with Crippen molar-refractivity contribution < 1.29 is 15.7 Å². The van der Waals surface area contributed by atoms with E-state index in [4.69, 9.17) is 29.3 Å². The molecule has 0 amide bonds. The minimum atomic E-state index is -2.85.